The van der Waals surface area contributed by atoms with Gasteiger partial charge in [-0.25, -0.2) is 0 Å². The zero-order valence-corrected chi connectivity index (χ0v) is 10.4. The summed E-state index contributed by atoms with van der Waals surface area (Å²) in [6.07, 6.45) is 3.43. The average Bonchev–Trinajstić information content (AvgIpc) is 2.67. The highest BCUT2D eigenvalue weighted by Crippen LogP contribution is 2.22. The average molecular weight is 232 g/mol. The number of amidine groups is 1. The molecule has 1 aliphatic heterocycles. The van der Waals surface area contributed by atoms with Gasteiger partial charge in [0.05, 0.1) is 0 Å². The Morgan fingerprint density at radius 3 is 2.82 bits per heavy atom. The lowest BCUT2D eigenvalue weighted by atomic mass is 10.1. The molecular weight excluding hydrogens is 212 g/mol. The summed E-state index contributed by atoms with van der Waals surface area (Å²) in [4.78, 5) is 2.16. The topological polar surface area (TPSA) is 36.3 Å². The van der Waals surface area contributed by atoms with E-state index >= 15 is 0 Å². The zero-order valence-electron chi connectivity index (χ0n) is 10.4. The molecule has 0 saturated carbocycles. The number of benzene rings is 1. The Bertz CT molecular complexity index is 390. The molecule has 1 N–H and O–H groups in total. The van der Waals surface area contributed by atoms with Gasteiger partial charge in [0, 0.05) is 32.4 Å². The summed E-state index contributed by atoms with van der Waals surface area (Å²) in [5, 5.41) is 8.11. The van der Waals surface area contributed by atoms with Crippen LogP contribution in [0.25, 0.3) is 0 Å². The molecule has 2 rings (SSSR count). The van der Waals surface area contributed by atoms with Crippen molar-refractivity contribution in [2.24, 2.45) is 0 Å². The molecule has 0 bridgehead atoms. The molecule has 1 aromatic carbocycles. The van der Waals surface area contributed by atoms with Gasteiger partial charge in [-0.2, -0.15) is 0 Å². The van der Waals surface area contributed by atoms with E-state index in [0.29, 0.717) is 5.84 Å². The molecule has 3 heteroatoms. The third kappa shape index (κ3) is 2.86. The first kappa shape index (κ1) is 12.1. The van der Waals surface area contributed by atoms with Gasteiger partial charge < -0.3 is 9.64 Å². The van der Waals surface area contributed by atoms with Crippen LogP contribution in [0.4, 0.5) is 0 Å². The van der Waals surface area contributed by atoms with E-state index in [9.17, 15) is 0 Å². The summed E-state index contributed by atoms with van der Waals surface area (Å²) in [5.41, 5.74) is 2.39. The Morgan fingerprint density at radius 1 is 1.24 bits per heavy atom. The summed E-state index contributed by atoms with van der Waals surface area (Å²) in [5.74, 6) is 0.687. The minimum atomic E-state index is 0.687. The van der Waals surface area contributed by atoms with Crippen LogP contribution in [0, 0.1) is 5.41 Å². The molecule has 1 heterocycles. The van der Waals surface area contributed by atoms with Crippen LogP contribution in [0.2, 0.25) is 0 Å². The van der Waals surface area contributed by atoms with Crippen LogP contribution in [0.1, 0.15) is 30.4 Å². The number of hydrogen-bond donors (Lipinski definition) is 1. The molecular formula is C14H20N2O. The van der Waals surface area contributed by atoms with E-state index in [-0.39, 0.29) is 0 Å². The fourth-order valence-electron chi connectivity index (χ4n) is 2.26. The normalized spacial score (nSPS) is 14.2. The van der Waals surface area contributed by atoms with Crippen molar-refractivity contribution >= 4 is 5.84 Å². The van der Waals surface area contributed by atoms with Crippen molar-refractivity contribution in [3.63, 3.8) is 0 Å². The van der Waals surface area contributed by atoms with Crippen LogP contribution >= 0.6 is 0 Å². The van der Waals surface area contributed by atoms with Crippen LogP contribution in [0.15, 0.2) is 24.3 Å². The molecule has 0 atom stereocenters. The molecule has 0 unspecified atom stereocenters. The molecule has 0 aromatic heterocycles. The van der Waals surface area contributed by atoms with Crippen molar-refractivity contribution in [1.82, 2.24) is 4.90 Å². The Labute approximate surface area is 103 Å². The first-order chi connectivity index (χ1) is 8.33. The summed E-state index contributed by atoms with van der Waals surface area (Å²) in [6.45, 7) is 2.73. The lowest BCUT2D eigenvalue weighted by Crippen LogP contribution is -2.25. The van der Waals surface area contributed by atoms with E-state index in [2.05, 4.69) is 11.0 Å². The fourth-order valence-corrected chi connectivity index (χ4v) is 2.26. The molecule has 0 fully saturated rings. The van der Waals surface area contributed by atoms with Crippen LogP contribution in [-0.2, 0) is 11.3 Å². The van der Waals surface area contributed by atoms with Crippen LogP contribution < -0.4 is 0 Å². The number of rotatable bonds is 6. The van der Waals surface area contributed by atoms with E-state index in [0.717, 1.165) is 38.1 Å². The first-order valence-corrected chi connectivity index (χ1v) is 6.23. The number of nitrogens with zero attached hydrogens (tertiary/aromatic N) is 1. The Hall–Kier alpha value is -1.35. The van der Waals surface area contributed by atoms with Crippen molar-refractivity contribution < 1.29 is 4.74 Å². The van der Waals surface area contributed by atoms with Gasteiger partial charge >= 0.3 is 0 Å². The van der Waals surface area contributed by atoms with Gasteiger partial charge in [-0.05, 0) is 24.8 Å². The van der Waals surface area contributed by atoms with Crippen molar-refractivity contribution in [2.75, 3.05) is 20.3 Å². The molecule has 1 aliphatic rings. The van der Waals surface area contributed by atoms with E-state index in [4.69, 9.17) is 10.1 Å². The minimum absolute atomic E-state index is 0.687. The number of nitrogens with one attached hydrogen (secondary N) is 1. The van der Waals surface area contributed by atoms with Gasteiger partial charge in [0.1, 0.15) is 5.84 Å². The Kier molecular flexibility index (Phi) is 4.15. The SMILES string of the molecule is COCCCCCN1Cc2ccccc2C1=N. The molecule has 92 valence electrons. The highest BCUT2D eigenvalue weighted by Gasteiger charge is 2.22. The van der Waals surface area contributed by atoms with Crippen molar-refractivity contribution in [3.05, 3.63) is 35.4 Å². The lowest BCUT2D eigenvalue weighted by Gasteiger charge is -2.17. The third-order valence-electron chi connectivity index (χ3n) is 3.23. The smallest absolute Gasteiger partial charge is 0.128 e. The highest BCUT2D eigenvalue weighted by atomic mass is 16.5. The van der Waals surface area contributed by atoms with Gasteiger partial charge in [0.25, 0.3) is 0 Å². The van der Waals surface area contributed by atoms with Gasteiger partial charge in [0.2, 0.25) is 0 Å². The number of unbranched alkanes of at least 4 members (excludes halogenated alkanes) is 2. The van der Waals surface area contributed by atoms with E-state index < -0.39 is 0 Å². The maximum Gasteiger partial charge on any atom is 0.128 e. The molecule has 0 saturated heterocycles. The molecule has 0 radical (unpaired) electrons. The molecule has 3 nitrogen and oxygen atoms in total. The fraction of sp³-hybridized carbons (Fsp3) is 0.500. The second-order valence-electron chi connectivity index (χ2n) is 4.48. The number of ether oxygens (including phenoxy) is 1. The van der Waals surface area contributed by atoms with Crippen LogP contribution in [0.5, 0.6) is 0 Å². The number of hydrogen-bond acceptors (Lipinski definition) is 2. The minimum Gasteiger partial charge on any atom is -0.385 e. The van der Waals surface area contributed by atoms with Crippen molar-refractivity contribution in [2.45, 2.75) is 25.8 Å². The molecule has 17 heavy (non-hydrogen) atoms. The van der Waals surface area contributed by atoms with Gasteiger partial charge in [-0.3, -0.25) is 5.41 Å². The quantitative estimate of drug-likeness (QED) is 0.765. The standard InChI is InChI=1S/C14H20N2O/c1-17-10-6-2-5-9-16-11-12-7-3-4-8-13(12)14(16)15/h3-4,7-8,15H,2,5-6,9-11H2,1H3. The summed E-state index contributed by atoms with van der Waals surface area (Å²) in [7, 11) is 1.74. The van der Waals surface area contributed by atoms with Gasteiger partial charge in [0.15, 0.2) is 0 Å². The predicted molar refractivity (Wildman–Crippen MR) is 69.4 cm³/mol. The second kappa shape index (κ2) is 5.82. The zero-order chi connectivity index (χ0) is 12.1. The Balaban J connectivity index is 1.80. The largest absolute Gasteiger partial charge is 0.385 e. The predicted octanol–water partition coefficient (Wildman–Crippen LogP) is 2.64. The summed E-state index contributed by atoms with van der Waals surface area (Å²) >= 11 is 0. The van der Waals surface area contributed by atoms with Crippen LogP contribution in [0.3, 0.4) is 0 Å². The highest BCUT2D eigenvalue weighted by molar-refractivity contribution is 6.00. The molecule has 0 aliphatic carbocycles. The molecule has 0 amide bonds. The number of methoxy groups -OCH3 is 1. The van der Waals surface area contributed by atoms with Crippen LogP contribution in [-0.4, -0.2) is 31.0 Å². The van der Waals surface area contributed by atoms with E-state index in [1.165, 1.54) is 12.0 Å². The third-order valence-corrected chi connectivity index (χ3v) is 3.23. The first-order valence-electron chi connectivity index (χ1n) is 6.23. The van der Waals surface area contributed by atoms with E-state index in [1.807, 2.05) is 18.2 Å². The van der Waals surface area contributed by atoms with Crippen molar-refractivity contribution in [3.8, 4) is 0 Å². The lowest BCUT2D eigenvalue weighted by molar-refractivity contribution is 0.191. The van der Waals surface area contributed by atoms with Crippen molar-refractivity contribution in [1.29, 1.82) is 5.41 Å². The molecule has 0 spiro atoms. The van der Waals surface area contributed by atoms with E-state index in [1.54, 1.807) is 7.11 Å². The second-order valence-corrected chi connectivity index (χ2v) is 4.48. The Morgan fingerprint density at radius 2 is 2.06 bits per heavy atom. The monoisotopic (exact) mass is 232 g/mol. The number of fused-ring (bicyclic) bond motifs is 1. The summed E-state index contributed by atoms with van der Waals surface area (Å²) < 4.78 is 5.03. The summed E-state index contributed by atoms with van der Waals surface area (Å²) in [6, 6.07) is 8.22. The van der Waals surface area contributed by atoms with Gasteiger partial charge in [-0.15, -0.1) is 0 Å². The molecule has 1 aromatic rings. The van der Waals surface area contributed by atoms with Gasteiger partial charge in [-0.1, -0.05) is 24.3 Å². The maximum absolute atomic E-state index is 8.11. The maximum atomic E-state index is 8.11.